The first-order valence-electron chi connectivity index (χ1n) is 12.8. The van der Waals surface area contributed by atoms with E-state index in [0.29, 0.717) is 38.6 Å². The number of hydrogen-bond acceptors (Lipinski definition) is 5. The third-order valence-corrected chi connectivity index (χ3v) is 7.98. The fourth-order valence-electron chi connectivity index (χ4n) is 6.10. The summed E-state index contributed by atoms with van der Waals surface area (Å²) in [7, 11) is 1.37. The molecule has 36 heavy (non-hydrogen) atoms. The number of methoxy groups -OCH3 is 1. The molecule has 0 aliphatic heterocycles. The molecule has 9 heteroatoms. The normalized spacial score (nSPS) is 28.8. The largest absolute Gasteiger partial charge is 0.496 e. The highest BCUT2D eigenvalue weighted by atomic mass is 19.1. The molecule has 4 atom stereocenters. The molecule has 3 aliphatic carbocycles. The van der Waals surface area contributed by atoms with Crippen molar-refractivity contribution in [1.29, 1.82) is 0 Å². The molecule has 1 aromatic rings. The van der Waals surface area contributed by atoms with E-state index in [4.69, 9.17) is 9.47 Å². The summed E-state index contributed by atoms with van der Waals surface area (Å²) < 4.78 is 25.9. The lowest BCUT2D eigenvalue weighted by Crippen LogP contribution is -2.50. The maximum atomic E-state index is 14.8. The van der Waals surface area contributed by atoms with Crippen LogP contribution in [-0.4, -0.2) is 48.7 Å². The second-order valence-corrected chi connectivity index (χ2v) is 10.1. The molecule has 196 valence electrons. The van der Waals surface area contributed by atoms with Gasteiger partial charge in [0, 0.05) is 18.7 Å². The molecule has 0 unspecified atom stereocenters. The van der Waals surface area contributed by atoms with Crippen LogP contribution >= 0.6 is 0 Å². The number of halogens is 1. The molecule has 1 aromatic carbocycles. The first kappa shape index (κ1) is 26.0. The molecule has 0 heterocycles. The number of hydrogen-bond donors (Lipinski definition) is 3. The minimum absolute atomic E-state index is 0.0543. The molecule has 3 saturated carbocycles. The van der Waals surface area contributed by atoms with Gasteiger partial charge in [-0.25, -0.2) is 4.39 Å². The van der Waals surface area contributed by atoms with E-state index in [-0.39, 0.29) is 52.9 Å². The highest BCUT2D eigenvalue weighted by molar-refractivity contribution is 5.98. The van der Waals surface area contributed by atoms with Gasteiger partial charge in [-0.3, -0.25) is 14.4 Å². The van der Waals surface area contributed by atoms with Gasteiger partial charge in [0.25, 0.3) is 5.91 Å². The van der Waals surface area contributed by atoms with E-state index in [2.05, 4.69) is 17.2 Å². The lowest BCUT2D eigenvalue weighted by Gasteiger charge is -2.31. The van der Waals surface area contributed by atoms with Crippen molar-refractivity contribution in [3.63, 3.8) is 0 Å². The zero-order chi connectivity index (χ0) is 25.8. The Morgan fingerprint density at radius 2 is 1.83 bits per heavy atom. The van der Waals surface area contributed by atoms with Crippen LogP contribution in [0.2, 0.25) is 0 Å². The third-order valence-electron chi connectivity index (χ3n) is 7.98. The number of amides is 2. The number of nitrogens with one attached hydrogen (secondary N) is 2. The highest BCUT2D eigenvalue weighted by Gasteiger charge is 2.51. The average molecular weight is 503 g/mol. The zero-order valence-corrected chi connectivity index (χ0v) is 20.6. The molecular weight excluding hydrogens is 467 g/mol. The van der Waals surface area contributed by atoms with Gasteiger partial charge in [0.2, 0.25) is 5.91 Å². The average Bonchev–Trinajstić information content (AvgIpc) is 3.47. The van der Waals surface area contributed by atoms with E-state index in [0.717, 1.165) is 25.3 Å². The minimum Gasteiger partial charge on any atom is -0.496 e. The standard InChI is InChI=1S/C27H35FN2O6/c1-3-4-11-29-26(32)23-16-5-6-17(12-16)24(23)30-25(31)19-13-22(20(28)14-21(19)35-2)36-18-9-7-15(8-10-18)27(33)34/h3,13-18,23-24H,1,4-12H2,2H3,(H,29,32)(H,30,31)(H,33,34)/t15-,16-,17+,18+,23+,24-/m1/s1. The predicted octanol–water partition coefficient (Wildman–Crippen LogP) is 3.69. The maximum Gasteiger partial charge on any atom is 0.306 e. The number of carbonyl (C=O) groups excluding carboxylic acids is 2. The van der Waals surface area contributed by atoms with E-state index < -0.39 is 23.6 Å². The van der Waals surface area contributed by atoms with Crippen LogP contribution in [-0.2, 0) is 9.59 Å². The summed E-state index contributed by atoms with van der Waals surface area (Å²) in [6, 6.07) is 2.18. The molecule has 3 fully saturated rings. The van der Waals surface area contributed by atoms with Crippen LogP contribution in [0, 0.1) is 29.5 Å². The molecule has 2 bridgehead atoms. The van der Waals surface area contributed by atoms with Gasteiger partial charge in [-0.15, -0.1) is 6.58 Å². The Hall–Kier alpha value is -3.10. The van der Waals surface area contributed by atoms with Crippen LogP contribution in [0.15, 0.2) is 24.8 Å². The van der Waals surface area contributed by atoms with Crippen molar-refractivity contribution in [2.45, 2.75) is 63.5 Å². The number of aliphatic carboxylic acids is 1. The monoisotopic (exact) mass is 502 g/mol. The lowest BCUT2D eigenvalue weighted by molar-refractivity contribution is -0.143. The number of carboxylic acids is 1. The van der Waals surface area contributed by atoms with Crippen molar-refractivity contribution in [3.8, 4) is 11.5 Å². The van der Waals surface area contributed by atoms with Gasteiger partial charge in [-0.1, -0.05) is 6.08 Å². The van der Waals surface area contributed by atoms with E-state index in [1.807, 2.05) is 0 Å². The van der Waals surface area contributed by atoms with Crippen molar-refractivity contribution in [2.75, 3.05) is 13.7 Å². The van der Waals surface area contributed by atoms with E-state index >= 15 is 0 Å². The molecule has 2 amide bonds. The van der Waals surface area contributed by atoms with Crippen molar-refractivity contribution in [3.05, 3.63) is 36.2 Å². The Morgan fingerprint density at radius 1 is 1.11 bits per heavy atom. The molecular formula is C27H35FN2O6. The smallest absolute Gasteiger partial charge is 0.306 e. The number of ether oxygens (including phenoxy) is 2. The van der Waals surface area contributed by atoms with E-state index in [1.165, 1.54) is 13.2 Å². The van der Waals surface area contributed by atoms with Crippen LogP contribution in [0.4, 0.5) is 4.39 Å². The van der Waals surface area contributed by atoms with Crippen molar-refractivity contribution < 1.29 is 33.4 Å². The Morgan fingerprint density at radius 3 is 2.50 bits per heavy atom. The van der Waals surface area contributed by atoms with Gasteiger partial charge in [0.15, 0.2) is 11.6 Å². The van der Waals surface area contributed by atoms with E-state index in [1.54, 1.807) is 6.08 Å². The predicted molar refractivity (Wildman–Crippen MR) is 130 cm³/mol. The van der Waals surface area contributed by atoms with Gasteiger partial charge < -0.3 is 25.2 Å². The number of carbonyl (C=O) groups is 3. The molecule has 3 aliphatic rings. The first-order chi connectivity index (χ1) is 17.3. The van der Waals surface area contributed by atoms with Crippen LogP contribution in [0.25, 0.3) is 0 Å². The molecule has 3 N–H and O–H groups in total. The summed E-state index contributed by atoms with van der Waals surface area (Å²) >= 11 is 0. The first-order valence-corrected chi connectivity index (χ1v) is 12.8. The van der Waals surface area contributed by atoms with Crippen LogP contribution < -0.4 is 20.1 Å². The lowest BCUT2D eigenvalue weighted by atomic mass is 9.83. The fourth-order valence-corrected chi connectivity index (χ4v) is 6.10. The van der Waals surface area contributed by atoms with Gasteiger partial charge in [0.1, 0.15) is 5.75 Å². The Kier molecular flexibility index (Phi) is 8.16. The van der Waals surface area contributed by atoms with Crippen LogP contribution in [0.3, 0.4) is 0 Å². The highest BCUT2D eigenvalue weighted by Crippen LogP contribution is 2.48. The van der Waals surface area contributed by atoms with Crippen molar-refractivity contribution in [1.82, 2.24) is 10.6 Å². The molecule has 0 spiro atoms. The summed E-state index contributed by atoms with van der Waals surface area (Å²) in [6.45, 7) is 4.19. The van der Waals surface area contributed by atoms with Crippen molar-refractivity contribution in [2.24, 2.45) is 23.7 Å². The fraction of sp³-hybridized carbons (Fsp3) is 0.593. The SMILES string of the molecule is C=CCCNC(=O)[C@H]1[C@@H]2CC[C@@H](C2)[C@H]1NC(=O)c1cc(O[C@H]2CC[C@@H](C(=O)O)CC2)c(F)cc1OC. The quantitative estimate of drug-likeness (QED) is 0.332. The summed E-state index contributed by atoms with van der Waals surface area (Å²) in [4.78, 5) is 37.5. The zero-order valence-electron chi connectivity index (χ0n) is 20.6. The summed E-state index contributed by atoms with van der Waals surface area (Å²) in [6.07, 6.45) is 6.85. The Labute approximate surface area is 210 Å². The Bertz CT molecular complexity index is 1010. The van der Waals surface area contributed by atoms with Crippen LogP contribution in [0.1, 0.15) is 61.7 Å². The minimum atomic E-state index is -0.823. The second-order valence-electron chi connectivity index (χ2n) is 10.1. The summed E-state index contributed by atoms with van der Waals surface area (Å²) in [5.41, 5.74) is 0.140. The summed E-state index contributed by atoms with van der Waals surface area (Å²) in [5.74, 6) is -2.19. The van der Waals surface area contributed by atoms with Crippen molar-refractivity contribution >= 4 is 17.8 Å². The second kappa shape index (κ2) is 11.3. The molecule has 0 saturated heterocycles. The number of benzene rings is 1. The molecule has 4 rings (SSSR count). The van der Waals surface area contributed by atoms with Gasteiger partial charge in [-0.2, -0.15) is 0 Å². The van der Waals surface area contributed by atoms with E-state index in [9.17, 15) is 23.9 Å². The summed E-state index contributed by atoms with van der Waals surface area (Å²) in [5, 5.41) is 15.2. The third kappa shape index (κ3) is 5.50. The van der Waals surface area contributed by atoms with Crippen LogP contribution in [0.5, 0.6) is 11.5 Å². The maximum absolute atomic E-state index is 14.8. The molecule has 0 radical (unpaired) electrons. The Balaban J connectivity index is 1.48. The van der Waals surface area contributed by atoms with Gasteiger partial charge in [0.05, 0.1) is 30.6 Å². The van der Waals surface area contributed by atoms with Gasteiger partial charge in [-0.05, 0) is 69.3 Å². The molecule has 8 nitrogen and oxygen atoms in total. The topological polar surface area (TPSA) is 114 Å². The number of fused-ring (bicyclic) bond motifs is 2. The number of rotatable bonds is 10. The number of carboxylic acid groups (broad SMARTS) is 1. The molecule has 0 aromatic heterocycles. The van der Waals surface area contributed by atoms with Gasteiger partial charge >= 0.3 is 5.97 Å².